The molecule has 3 rings (SSSR count). The number of fused-ring (bicyclic) bond motifs is 1. The predicted octanol–water partition coefficient (Wildman–Crippen LogP) is 1.57. The van der Waals surface area contributed by atoms with E-state index in [-0.39, 0.29) is 18.9 Å². The van der Waals surface area contributed by atoms with E-state index >= 15 is 0 Å². The Morgan fingerprint density at radius 3 is 2.70 bits per heavy atom. The number of ether oxygens (including phenoxy) is 1. The maximum absolute atomic E-state index is 10.9. The van der Waals surface area contributed by atoms with Crippen LogP contribution in [0.15, 0.2) is 24.3 Å². The van der Waals surface area contributed by atoms with Gasteiger partial charge in [0.1, 0.15) is 30.5 Å². The van der Waals surface area contributed by atoms with Gasteiger partial charge in [-0.2, -0.15) is 13.7 Å². The van der Waals surface area contributed by atoms with Crippen LogP contribution in [0.2, 0.25) is 0 Å². The van der Waals surface area contributed by atoms with Gasteiger partial charge in [-0.05, 0) is 36.8 Å². The Balaban J connectivity index is 1.84. The van der Waals surface area contributed by atoms with Gasteiger partial charge in [0.15, 0.2) is 5.69 Å². The van der Waals surface area contributed by atoms with Crippen LogP contribution in [0.25, 0.3) is 22.3 Å². The van der Waals surface area contributed by atoms with Crippen molar-refractivity contribution in [1.29, 1.82) is 5.26 Å². The minimum absolute atomic E-state index is 0.0583. The predicted molar refractivity (Wildman–Crippen MR) is 97.5 cm³/mol. The fraction of sp³-hybridized carbons (Fsp3) is 0.294. The average Bonchev–Trinajstić information content (AvgIpc) is 2.99. The van der Waals surface area contributed by atoms with Crippen LogP contribution in [-0.2, 0) is 21.3 Å². The number of aromatic nitrogens is 4. The van der Waals surface area contributed by atoms with Gasteiger partial charge < -0.3 is 4.74 Å². The first-order valence-electron chi connectivity index (χ1n) is 7.97. The largest absolute Gasteiger partial charge is 0.491 e. The summed E-state index contributed by atoms with van der Waals surface area (Å²) < 4.78 is 33.7. The van der Waals surface area contributed by atoms with Gasteiger partial charge in [0, 0.05) is 12.6 Å². The maximum Gasteiger partial charge on any atom is 0.264 e. The molecule has 0 bridgehead atoms. The first kappa shape index (κ1) is 18.8. The number of hydrogen-bond donors (Lipinski definition) is 0. The van der Waals surface area contributed by atoms with Crippen LogP contribution in [0.4, 0.5) is 0 Å². The Morgan fingerprint density at radius 1 is 1.26 bits per heavy atom. The molecule has 3 aromatic rings. The highest BCUT2D eigenvalue weighted by Gasteiger charge is 2.13. The van der Waals surface area contributed by atoms with Crippen molar-refractivity contribution in [1.82, 2.24) is 20.0 Å². The summed E-state index contributed by atoms with van der Waals surface area (Å²) in [5, 5.41) is 17.2. The van der Waals surface area contributed by atoms with Crippen molar-refractivity contribution < 1.29 is 17.3 Å². The van der Waals surface area contributed by atoms with E-state index in [4.69, 9.17) is 4.74 Å². The lowest BCUT2D eigenvalue weighted by Gasteiger charge is -2.11. The highest BCUT2D eigenvalue weighted by atomic mass is 32.2. The number of nitriles is 1. The average molecular weight is 387 g/mol. The minimum Gasteiger partial charge on any atom is -0.491 e. The van der Waals surface area contributed by atoms with E-state index in [0.717, 1.165) is 17.4 Å². The zero-order chi connectivity index (χ0) is 19.6. The molecule has 0 saturated carbocycles. The first-order chi connectivity index (χ1) is 12.8. The summed E-state index contributed by atoms with van der Waals surface area (Å²) in [5.74, 6) is 0.611. The van der Waals surface area contributed by atoms with Crippen molar-refractivity contribution in [3.05, 3.63) is 35.5 Å². The Hall–Kier alpha value is -3.03. The van der Waals surface area contributed by atoms with Gasteiger partial charge in [-0.25, -0.2) is 9.67 Å². The molecule has 0 aliphatic carbocycles. The highest BCUT2D eigenvalue weighted by Crippen LogP contribution is 2.27. The van der Waals surface area contributed by atoms with Gasteiger partial charge >= 0.3 is 0 Å². The van der Waals surface area contributed by atoms with E-state index in [1.165, 1.54) is 0 Å². The van der Waals surface area contributed by atoms with Crippen LogP contribution >= 0.6 is 0 Å². The van der Waals surface area contributed by atoms with Gasteiger partial charge in [-0.1, -0.05) is 5.21 Å². The molecule has 0 aliphatic rings. The van der Waals surface area contributed by atoms with Crippen molar-refractivity contribution in [3.63, 3.8) is 0 Å². The standard InChI is InChI=1S/C17H17N5O4S/c1-11-8-12(4-5-16(11)25-6-7-26-27(3,23)24)13-9-15-17(14(10-18)19-13)20-21-22(15)2/h4-5,8-9H,6-7H2,1-3H3. The van der Waals surface area contributed by atoms with Crippen molar-refractivity contribution in [2.24, 2.45) is 7.05 Å². The normalized spacial score (nSPS) is 11.5. The molecule has 0 amide bonds. The molecule has 9 nitrogen and oxygen atoms in total. The lowest BCUT2D eigenvalue weighted by atomic mass is 10.1. The van der Waals surface area contributed by atoms with E-state index < -0.39 is 10.1 Å². The molecule has 27 heavy (non-hydrogen) atoms. The lowest BCUT2D eigenvalue weighted by molar-refractivity contribution is 0.221. The molecule has 2 heterocycles. The zero-order valence-corrected chi connectivity index (χ0v) is 15.8. The summed E-state index contributed by atoms with van der Waals surface area (Å²) in [6.07, 6.45) is 0.990. The Bertz CT molecular complexity index is 1150. The van der Waals surface area contributed by atoms with E-state index in [0.29, 0.717) is 22.5 Å². The summed E-state index contributed by atoms with van der Waals surface area (Å²) in [7, 11) is -1.73. The smallest absolute Gasteiger partial charge is 0.264 e. The third-order valence-electron chi connectivity index (χ3n) is 3.82. The first-order valence-corrected chi connectivity index (χ1v) is 9.79. The molecular weight excluding hydrogens is 370 g/mol. The molecule has 0 fully saturated rings. The van der Waals surface area contributed by atoms with Crippen LogP contribution in [-0.4, -0.2) is 47.9 Å². The summed E-state index contributed by atoms with van der Waals surface area (Å²) in [4.78, 5) is 4.37. The molecule has 0 saturated heterocycles. The number of rotatable bonds is 6. The second-order valence-corrected chi connectivity index (χ2v) is 7.55. The van der Waals surface area contributed by atoms with E-state index in [1.807, 2.05) is 25.1 Å². The Labute approximate surface area is 156 Å². The highest BCUT2D eigenvalue weighted by molar-refractivity contribution is 7.85. The molecular formula is C17H17N5O4S. The van der Waals surface area contributed by atoms with Crippen molar-refractivity contribution in [3.8, 4) is 23.1 Å². The van der Waals surface area contributed by atoms with Crippen LogP contribution in [0.3, 0.4) is 0 Å². The van der Waals surface area contributed by atoms with E-state index in [1.54, 1.807) is 17.8 Å². The number of hydrogen-bond acceptors (Lipinski definition) is 8. The SMILES string of the molecule is Cc1cc(-c2cc3c(nnn3C)c(C#N)n2)ccc1OCCOS(C)(=O)=O. The van der Waals surface area contributed by atoms with E-state index in [9.17, 15) is 13.7 Å². The molecule has 0 radical (unpaired) electrons. The summed E-state index contributed by atoms with van der Waals surface area (Å²) in [5.41, 5.74) is 3.67. The maximum atomic E-state index is 10.9. The molecule has 140 valence electrons. The molecule has 10 heteroatoms. The fourth-order valence-corrected chi connectivity index (χ4v) is 2.93. The van der Waals surface area contributed by atoms with Crippen LogP contribution in [0.1, 0.15) is 11.3 Å². The molecule has 0 unspecified atom stereocenters. The van der Waals surface area contributed by atoms with Gasteiger partial charge in [0.25, 0.3) is 10.1 Å². The second-order valence-electron chi connectivity index (χ2n) is 5.90. The van der Waals surface area contributed by atoms with Gasteiger partial charge in [0.05, 0.1) is 17.5 Å². The second kappa shape index (κ2) is 7.30. The lowest BCUT2D eigenvalue weighted by Crippen LogP contribution is -2.11. The van der Waals surface area contributed by atoms with Crippen molar-refractivity contribution >= 4 is 21.2 Å². The zero-order valence-electron chi connectivity index (χ0n) is 15.0. The van der Waals surface area contributed by atoms with E-state index in [2.05, 4.69) is 25.5 Å². The Kier molecular flexibility index (Phi) is 5.07. The van der Waals surface area contributed by atoms with Gasteiger partial charge in [0.2, 0.25) is 0 Å². The summed E-state index contributed by atoms with van der Waals surface area (Å²) in [6, 6.07) is 9.34. The number of nitrogens with zero attached hydrogens (tertiary/aromatic N) is 5. The third kappa shape index (κ3) is 4.21. The monoisotopic (exact) mass is 387 g/mol. The summed E-state index contributed by atoms with van der Waals surface area (Å²) >= 11 is 0. The molecule has 0 spiro atoms. The van der Waals surface area contributed by atoms with Gasteiger partial charge in [-0.3, -0.25) is 4.18 Å². The molecule has 0 N–H and O–H groups in total. The van der Waals surface area contributed by atoms with Crippen LogP contribution in [0.5, 0.6) is 5.75 Å². The Morgan fingerprint density at radius 2 is 2.04 bits per heavy atom. The summed E-state index contributed by atoms with van der Waals surface area (Å²) in [6.45, 7) is 1.92. The molecule has 0 aliphatic heterocycles. The number of aryl methyl sites for hydroxylation is 2. The topological polar surface area (TPSA) is 120 Å². The molecule has 2 aromatic heterocycles. The van der Waals surface area contributed by atoms with Gasteiger partial charge in [-0.15, -0.1) is 5.10 Å². The molecule has 0 atom stereocenters. The van der Waals surface area contributed by atoms with Crippen molar-refractivity contribution in [2.45, 2.75) is 6.92 Å². The molecule has 1 aromatic carbocycles. The van der Waals surface area contributed by atoms with Crippen LogP contribution in [0, 0.1) is 18.3 Å². The van der Waals surface area contributed by atoms with Crippen LogP contribution < -0.4 is 4.74 Å². The minimum atomic E-state index is -3.48. The number of pyridine rings is 1. The third-order valence-corrected chi connectivity index (χ3v) is 4.41. The number of benzene rings is 1. The van der Waals surface area contributed by atoms with Crippen molar-refractivity contribution in [2.75, 3.05) is 19.5 Å². The quantitative estimate of drug-likeness (QED) is 0.462. The fourth-order valence-electron chi connectivity index (χ4n) is 2.56.